The lowest BCUT2D eigenvalue weighted by Crippen LogP contribution is -2.38. The molecule has 1 fully saturated rings. The number of carbonyl (C=O) groups excluding carboxylic acids is 1. The van der Waals surface area contributed by atoms with Crippen molar-refractivity contribution in [1.29, 1.82) is 0 Å². The van der Waals surface area contributed by atoms with Crippen LogP contribution in [0.4, 0.5) is 16.3 Å². The molecule has 3 aromatic heterocycles. The lowest BCUT2D eigenvalue weighted by atomic mass is 9.94. The van der Waals surface area contributed by atoms with Gasteiger partial charge in [0.1, 0.15) is 23.1 Å². The number of aryl methyl sites for hydroxylation is 1. The second kappa shape index (κ2) is 9.43. The smallest absolute Gasteiger partial charge is 0.409 e. The van der Waals surface area contributed by atoms with Crippen molar-refractivity contribution in [3.05, 3.63) is 41.2 Å². The van der Waals surface area contributed by atoms with E-state index in [9.17, 15) is 4.79 Å². The fourth-order valence-corrected chi connectivity index (χ4v) is 6.31. The highest BCUT2D eigenvalue weighted by Crippen LogP contribution is 2.39. The lowest BCUT2D eigenvalue weighted by molar-refractivity contribution is 0.0614. The van der Waals surface area contributed by atoms with Crippen LogP contribution in [0.5, 0.6) is 0 Å². The molecule has 1 amide bonds. The fraction of sp³-hybridized carbons (Fsp3) is 0.440. The van der Waals surface area contributed by atoms with Gasteiger partial charge in [-0.2, -0.15) is 5.10 Å². The van der Waals surface area contributed by atoms with Crippen LogP contribution in [0.15, 0.2) is 30.7 Å². The summed E-state index contributed by atoms with van der Waals surface area (Å²) < 4.78 is 5.89. The monoisotopic (exact) mass is 491 g/mol. The van der Waals surface area contributed by atoms with Gasteiger partial charge in [0.2, 0.25) is 0 Å². The molecule has 0 saturated carbocycles. The molecule has 35 heavy (non-hydrogen) atoms. The van der Waals surface area contributed by atoms with Crippen LogP contribution in [0, 0.1) is 0 Å². The van der Waals surface area contributed by atoms with Crippen LogP contribution in [-0.2, 0) is 17.6 Å². The molecule has 1 aliphatic carbocycles. The van der Waals surface area contributed by atoms with Gasteiger partial charge >= 0.3 is 6.09 Å². The van der Waals surface area contributed by atoms with E-state index in [2.05, 4.69) is 36.4 Å². The largest absolute Gasteiger partial charge is 0.446 e. The first-order valence-electron chi connectivity index (χ1n) is 12.2. The van der Waals surface area contributed by atoms with E-state index in [0.717, 1.165) is 71.5 Å². The number of hydrogen-bond donors (Lipinski definition) is 2. The number of nitrogens with one attached hydrogen (secondary N) is 2. The van der Waals surface area contributed by atoms with Gasteiger partial charge in [-0.25, -0.2) is 14.8 Å². The van der Waals surface area contributed by atoms with Crippen LogP contribution in [-0.4, -0.2) is 75.4 Å². The standard InChI is InChI=1S/C25H29N7O2S/c1-31(10-11-32-8-2-3-9-32)25(33)34-18-5-6-19-21(13-18)35-24-22(19)23(26-15-27-24)29-17-4-7-20-16(12-17)14-28-30-20/h4,7,12,14-15,18H,2-3,5-6,8-11,13H2,1H3,(H,28,30)(H,26,27,29). The third kappa shape index (κ3) is 4.55. The van der Waals surface area contributed by atoms with Crippen LogP contribution in [0.2, 0.25) is 0 Å². The number of aromatic amines is 1. The van der Waals surface area contributed by atoms with Crippen molar-refractivity contribution in [3.63, 3.8) is 0 Å². The van der Waals surface area contributed by atoms with Crippen molar-refractivity contribution < 1.29 is 9.53 Å². The Morgan fingerprint density at radius 1 is 1.31 bits per heavy atom. The maximum absolute atomic E-state index is 12.7. The highest BCUT2D eigenvalue weighted by atomic mass is 32.1. The topological polar surface area (TPSA) is 99.3 Å². The number of likely N-dealkylation sites (tertiary alicyclic amines) is 1. The Balaban J connectivity index is 1.15. The second-order valence-electron chi connectivity index (χ2n) is 9.42. The number of benzene rings is 1. The molecular weight excluding hydrogens is 462 g/mol. The van der Waals surface area contributed by atoms with Gasteiger partial charge in [0.25, 0.3) is 0 Å². The number of thiophene rings is 1. The summed E-state index contributed by atoms with van der Waals surface area (Å²) in [5.41, 5.74) is 3.23. The van der Waals surface area contributed by atoms with Crippen molar-refractivity contribution in [2.24, 2.45) is 0 Å². The molecule has 0 radical (unpaired) electrons. The first-order chi connectivity index (χ1) is 17.1. The molecule has 2 N–H and O–H groups in total. The summed E-state index contributed by atoms with van der Waals surface area (Å²) >= 11 is 1.68. The van der Waals surface area contributed by atoms with E-state index in [1.807, 2.05) is 25.4 Å². The van der Waals surface area contributed by atoms with E-state index in [4.69, 9.17) is 4.74 Å². The average molecular weight is 492 g/mol. The predicted molar refractivity (Wildman–Crippen MR) is 137 cm³/mol. The number of nitrogens with zero attached hydrogens (tertiary/aromatic N) is 5. The number of H-pyrrole nitrogens is 1. The summed E-state index contributed by atoms with van der Waals surface area (Å²) in [6, 6.07) is 6.08. The summed E-state index contributed by atoms with van der Waals surface area (Å²) in [5, 5.41) is 12.7. The zero-order chi connectivity index (χ0) is 23.8. The molecule has 4 aromatic rings. The van der Waals surface area contributed by atoms with Gasteiger partial charge in [-0.15, -0.1) is 11.3 Å². The minimum Gasteiger partial charge on any atom is -0.446 e. The molecular formula is C25H29N7O2S. The van der Waals surface area contributed by atoms with Gasteiger partial charge in [0.05, 0.1) is 17.1 Å². The molecule has 1 aliphatic heterocycles. The Labute approximate surface area is 207 Å². The molecule has 1 aromatic carbocycles. The zero-order valence-corrected chi connectivity index (χ0v) is 20.6. The predicted octanol–water partition coefficient (Wildman–Crippen LogP) is 4.33. The molecule has 10 heteroatoms. The van der Waals surface area contributed by atoms with Crippen molar-refractivity contribution in [2.75, 3.05) is 38.5 Å². The number of aromatic nitrogens is 4. The van der Waals surface area contributed by atoms with Crippen LogP contribution >= 0.6 is 11.3 Å². The van der Waals surface area contributed by atoms with E-state index >= 15 is 0 Å². The maximum Gasteiger partial charge on any atom is 0.409 e. The normalized spacial score (nSPS) is 18.1. The number of anilines is 2. The molecule has 0 bridgehead atoms. The molecule has 1 unspecified atom stereocenters. The number of ether oxygens (including phenoxy) is 1. The van der Waals surface area contributed by atoms with Crippen LogP contribution in [0.3, 0.4) is 0 Å². The van der Waals surface area contributed by atoms with E-state index in [0.29, 0.717) is 6.54 Å². The van der Waals surface area contributed by atoms with Crippen molar-refractivity contribution in [1.82, 2.24) is 30.0 Å². The first-order valence-corrected chi connectivity index (χ1v) is 13.1. The van der Waals surface area contributed by atoms with E-state index in [-0.39, 0.29) is 12.2 Å². The number of rotatable bonds is 6. The number of likely N-dealkylation sites (N-methyl/N-ethyl adjacent to an activating group) is 1. The molecule has 1 saturated heterocycles. The van der Waals surface area contributed by atoms with E-state index in [1.54, 1.807) is 22.6 Å². The molecule has 9 nitrogen and oxygen atoms in total. The van der Waals surface area contributed by atoms with Gasteiger partial charge in [-0.1, -0.05) is 0 Å². The average Bonchev–Trinajstić information content (AvgIpc) is 3.61. The Morgan fingerprint density at radius 2 is 2.20 bits per heavy atom. The Morgan fingerprint density at radius 3 is 3.09 bits per heavy atom. The Kier molecular flexibility index (Phi) is 5.99. The van der Waals surface area contributed by atoms with Crippen molar-refractivity contribution in [2.45, 2.75) is 38.2 Å². The highest BCUT2D eigenvalue weighted by molar-refractivity contribution is 7.19. The van der Waals surface area contributed by atoms with E-state index in [1.165, 1.54) is 23.3 Å². The summed E-state index contributed by atoms with van der Waals surface area (Å²) in [7, 11) is 1.83. The number of hydrogen-bond acceptors (Lipinski definition) is 8. The second-order valence-corrected chi connectivity index (χ2v) is 10.5. The van der Waals surface area contributed by atoms with Crippen LogP contribution in [0.1, 0.15) is 29.7 Å². The third-order valence-corrected chi connectivity index (χ3v) is 8.19. The van der Waals surface area contributed by atoms with Crippen LogP contribution in [0.25, 0.3) is 21.1 Å². The maximum atomic E-state index is 12.7. The third-order valence-electron chi connectivity index (χ3n) is 7.03. The molecule has 1 atom stereocenters. The Bertz CT molecular complexity index is 1360. The van der Waals surface area contributed by atoms with Crippen molar-refractivity contribution >= 4 is 50.1 Å². The van der Waals surface area contributed by atoms with E-state index < -0.39 is 0 Å². The summed E-state index contributed by atoms with van der Waals surface area (Å²) in [4.78, 5) is 28.1. The molecule has 2 aliphatic rings. The first kappa shape index (κ1) is 22.2. The summed E-state index contributed by atoms with van der Waals surface area (Å²) in [6.07, 6.45) is 7.98. The SMILES string of the molecule is CN(CCN1CCCC1)C(=O)OC1CCc2c(sc3ncnc(Nc4ccc5[nH]ncc5c4)c23)C1. The summed E-state index contributed by atoms with van der Waals surface area (Å²) in [5.74, 6) is 0.812. The van der Waals surface area contributed by atoms with Crippen LogP contribution < -0.4 is 5.32 Å². The minimum absolute atomic E-state index is 0.106. The minimum atomic E-state index is -0.226. The summed E-state index contributed by atoms with van der Waals surface area (Å²) in [6.45, 7) is 3.89. The molecule has 182 valence electrons. The zero-order valence-electron chi connectivity index (χ0n) is 19.8. The van der Waals surface area contributed by atoms with Gasteiger partial charge in [0.15, 0.2) is 0 Å². The lowest BCUT2D eigenvalue weighted by Gasteiger charge is -2.26. The van der Waals surface area contributed by atoms with Gasteiger partial charge in [-0.3, -0.25) is 5.10 Å². The number of carbonyl (C=O) groups is 1. The number of amides is 1. The molecule has 6 rings (SSSR count). The Hall–Kier alpha value is -3.24. The van der Waals surface area contributed by atoms with Gasteiger partial charge in [-0.05, 0) is 62.5 Å². The molecule has 0 spiro atoms. The highest BCUT2D eigenvalue weighted by Gasteiger charge is 2.28. The quantitative estimate of drug-likeness (QED) is 0.414. The van der Waals surface area contributed by atoms with Gasteiger partial charge < -0.3 is 19.9 Å². The fourth-order valence-electron chi connectivity index (χ4n) is 5.05. The number of fused-ring (bicyclic) bond motifs is 4. The van der Waals surface area contributed by atoms with Gasteiger partial charge in [0, 0.05) is 42.5 Å². The molecule has 4 heterocycles. The van der Waals surface area contributed by atoms with Crippen molar-refractivity contribution in [3.8, 4) is 0 Å².